The van der Waals surface area contributed by atoms with Crippen molar-refractivity contribution in [2.45, 2.75) is 24.9 Å². The summed E-state index contributed by atoms with van der Waals surface area (Å²) in [4.78, 5) is 38.4. The van der Waals surface area contributed by atoms with Crippen molar-refractivity contribution in [2.24, 2.45) is 0 Å². The molecule has 2 N–H and O–H groups in total. The number of hydrogen-bond acceptors (Lipinski definition) is 4. The topological polar surface area (TPSA) is 87.7 Å². The molecular formula is C22H24FN3O4. The first kappa shape index (κ1) is 21.3. The Bertz CT molecular complexity index is 932. The lowest BCUT2D eigenvalue weighted by atomic mass is 10.00. The molecule has 2 aromatic rings. The third kappa shape index (κ3) is 4.76. The number of amides is 3. The van der Waals surface area contributed by atoms with Crippen molar-refractivity contribution in [2.75, 3.05) is 20.7 Å². The molecule has 0 saturated carbocycles. The molecule has 3 rings (SSSR count). The summed E-state index contributed by atoms with van der Waals surface area (Å²) in [6, 6.07) is 11.9. The normalized spacial score (nSPS) is 18.2. The van der Waals surface area contributed by atoms with Crippen LogP contribution in [0.15, 0.2) is 48.5 Å². The first-order valence-electron chi connectivity index (χ1n) is 9.62. The van der Waals surface area contributed by atoms with E-state index in [1.807, 2.05) is 0 Å². The molecule has 8 heteroatoms. The van der Waals surface area contributed by atoms with Gasteiger partial charge in [-0.2, -0.15) is 0 Å². The molecule has 1 fully saturated rings. The highest BCUT2D eigenvalue weighted by molar-refractivity contribution is 5.97. The Hall–Kier alpha value is -3.42. The molecule has 0 bridgehead atoms. The van der Waals surface area contributed by atoms with Crippen molar-refractivity contribution in [3.05, 3.63) is 65.5 Å². The molecule has 1 aliphatic rings. The van der Waals surface area contributed by atoms with Crippen molar-refractivity contribution in [3.63, 3.8) is 0 Å². The number of rotatable bonds is 7. The van der Waals surface area contributed by atoms with Crippen LogP contribution in [0.3, 0.4) is 0 Å². The van der Waals surface area contributed by atoms with E-state index in [2.05, 4.69) is 10.6 Å². The van der Waals surface area contributed by atoms with E-state index >= 15 is 0 Å². The van der Waals surface area contributed by atoms with Gasteiger partial charge in [0.25, 0.3) is 5.91 Å². The number of nitrogens with zero attached hydrogens (tertiary/aromatic N) is 1. The molecule has 2 aromatic carbocycles. The Labute approximate surface area is 174 Å². The summed E-state index contributed by atoms with van der Waals surface area (Å²) >= 11 is 0. The van der Waals surface area contributed by atoms with Gasteiger partial charge in [0.2, 0.25) is 11.8 Å². The molecule has 3 amide bonds. The van der Waals surface area contributed by atoms with Crippen LogP contribution in [0.25, 0.3) is 0 Å². The number of carbonyl (C=O) groups is 3. The fraction of sp³-hybridized carbons (Fsp3) is 0.318. The van der Waals surface area contributed by atoms with Gasteiger partial charge in [0.05, 0.1) is 24.8 Å². The molecule has 0 spiro atoms. The van der Waals surface area contributed by atoms with Crippen molar-refractivity contribution < 1.29 is 23.5 Å². The van der Waals surface area contributed by atoms with Crippen LogP contribution in [0.2, 0.25) is 0 Å². The van der Waals surface area contributed by atoms with E-state index in [-0.39, 0.29) is 49.0 Å². The monoisotopic (exact) mass is 413 g/mol. The van der Waals surface area contributed by atoms with E-state index in [0.29, 0.717) is 11.3 Å². The summed E-state index contributed by atoms with van der Waals surface area (Å²) in [7, 11) is 3.15. The Morgan fingerprint density at radius 3 is 2.57 bits per heavy atom. The van der Waals surface area contributed by atoms with Gasteiger partial charge in [-0.1, -0.05) is 24.3 Å². The number of benzene rings is 2. The molecule has 0 aliphatic carbocycles. The van der Waals surface area contributed by atoms with Crippen molar-refractivity contribution in [3.8, 4) is 5.75 Å². The summed E-state index contributed by atoms with van der Waals surface area (Å²) in [5.74, 6) is -0.624. The zero-order valence-corrected chi connectivity index (χ0v) is 16.9. The Kier molecular flexibility index (Phi) is 6.66. The van der Waals surface area contributed by atoms with Crippen LogP contribution in [-0.4, -0.2) is 49.4 Å². The smallest absolute Gasteiger partial charge is 0.255 e. The number of likely N-dealkylation sites (tertiary alicyclic amines) is 1. The van der Waals surface area contributed by atoms with E-state index in [9.17, 15) is 18.8 Å². The lowest BCUT2D eigenvalue weighted by Gasteiger charge is -2.26. The van der Waals surface area contributed by atoms with Crippen molar-refractivity contribution in [1.82, 2.24) is 15.5 Å². The highest BCUT2D eigenvalue weighted by Gasteiger charge is 2.39. The third-order valence-electron chi connectivity index (χ3n) is 5.13. The summed E-state index contributed by atoms with van der Waals surface area (Å²) in [5, 5.41) is 5.57. The molecule has 158 valence electrons. The summed E-state index contributed by atoms with van der Waals surface area (Å²) in [6.45, 7) is 0.139. The Morgan fingerprint density at radius 1 is 1.17 bits per heavy atom. The van der Waals surface area contributed by atoms with Crippen LogP contribution in [0.5, 0.6) is 5.75 Å². The number of hydrogen-bond donors (Lipinski definition) is 2. The van der Waals surface area contributed by atoms with Gasteiger partial charge >= 0.3 is 0 Å². The second-order valence-electron chi connectivity index (χ2n) is 7.09. The average molecular weight is 413 g/mol. The fourth-order valence-corrected chi connectivity index (χ4v) is 3.61. The van der Waals surface area contributed by atoms with E-state index < -0.39 is 6.04 Å². The second kappa shape index (κ2) is 9.39. The first-order chi connectivity index (χ1) is 14.4. The number of ether oxygens (including phenoxy) is 1. The maximum Gasteiger partial charge on any atom is 0.255 e. The molecule has 0 unspecified atom stereocenters. The second-order valence-corrected chi connectivity index (χ2v) is 7.09. The summed E-state index contributed by atoms with van der Waals surface area (Å²) in [5.41, 5.74) is 1.14. The average Bonchev–Trinajstić information content (AvgIpc) is 3.01. The van der Waals surface area contributed by atoms with Crippen LogP contribution in [0, 0.1) is 5.82 Å². The minimum Gasteiger partial charge on any atom is -0.496 e. The molecule has 1 heterocycles. The zero-order valence-electron chi connectivity index (χ0n) is 16.9. The highest BCUT2D eigenvalue weighted by atomic mass is 19.1. The van der Waals surface area contributed by atoms with E-state index in [0.717, 1.165) is 5.56 Å². The van der Waals surface area contributed by atoms with Gasteiger partial charge in [0, 0.05) is 26.4 Å². The minimum atomic E-state index is -0.426. The zero-order chi connectivity index (χ0) is 21.7. The maximum absolute atomic E-state index is 13.2. The van der Waals surface area contributed by atoms with Gasteiger partial charge in [-0.25, -0.2) is 4.39 Å². The van der Waals surface area contributed by atoms with Crippen LogP contribution in [0.1, 0.15) is 34.8 Å². The molecule has 0 radical (unpaired) electrons. The van der Waals surface area contributed by atoms with Crippen LogP contribution < -0.4 is 15.4 Å². The SMILES string of the molecule is COc1ccccc1C(=O)NCCC(=O)N[C@@H]1CC(=O)N(C)[C@H]1c1ccc(F)cc1. The van der Waals surface area contributed by atoms with Crippen molar-refractivity contribution in [1.29, 1.82) is 0 Å². The number of methoxy groups -OCH3 is 1. The third-order valence-corrected chi connectivity index (χ3v) is 5.13. The van der Waals surface area contributed by atoms with Crippen LogP contribution in [0.4, 0.5) is 4.39 Å². The van der Waals surface area contributed by atoms with Crippen molar-refractivity contribution >= 4 is 17.7 Å². The molecule has 30 heavy (non-hydrogen) atoms. The van der Waals surface area contributed by atoms with Gasteiger partial charge in [0.15, 0.2) is 0 Å². The number of halogens is 1. The summed E-state index contributed by atoms with van der Waals surface area (Å²) in [6.07, 6.45) is 0.225. The van der Waals surface area contributed by atoms with E-state index in [1.165, 1.54) is 19.2 Å². The Balaban J connectivity index is 1.56. The fourth-order valence-electron chi connectivity index (χ4n) is 3.61. The Morgan fingerprint density at radius 2 is 1.87 bits per heavy atom. The first-order valence-corrected chi connectivity index (χ1v) is 9.62. The predicted octanol–water partition coefficient (Wildman–Crippen LogP) is 2.04. The molecule has 2 atom stereocenters. The minimum absolute atomic E-state index is 0.0609. The number of para-hydroxylation sites is 1. The molecule has 1 saturated heterocycles. The highest BCUT2D eigenvalue weighted by Crippen LogP contribution is 2.32. The largest absolute Gasteiger partial charge is 0.496 e. The van der Waals surface area contributed by atoms with E-state index in [4.69, 9.17) is 4.74 Å². The van der Waals surface area contributed by atoms with Gasteiger partial charge in [0.1, 0.15) is 11.6 Å². The van der Waals surface area contributed by atoms with Gasteiger partial charge in [-0.05, 0) is 29.8 Å². The maximum atomic E-state index is 13.2. The predicted molar refractivity (Wildman–Crippen MR) is 108 cm³/mol. The standard InChI is InChI=1S/C22H24FN3O4/c1-26-20(28)13-17(21(26)14-7-9-15(23)10-8-14)25-19(27)11-12-24-22(29)16-5-3-4-6-18(16)30-2/h3-10,17,21H,11-13H2,1-2H3,(H,24,29)(H,25,27)/t17-,21+/m1/s1. The van der Waals surface area contributed by atoms with Gasteiger partial charge in [-0.3, -0.25) is 14.4 Å². The number of nitrogens with one attached hydrogen (secondary N) is 2. The molecular weight excluding hydrogens is 389 g/mol. The molecule has 7 nitrogen and oxygen atoms in total. The van der Waals surface area contributed by atoms with Gasteiger partial charge < -0.3 is 20.3 Å². The number of carbonyl (C=O) groups excluding carboxylic acids is 3. The quantitative estimate of drug-likeness (QED) is 0.727. The lowest BCUT2D eigenvalue weighted by Crippen LogP contribution is -2.40. The van der Waals surface area contributed by atoms with Gasteiger partial charge in [-0.15, -0.1) is 0 Å². The summed E-state index contributed by atoms with van der Waals surface area (Å²) < 4.78 is 18.4. The molecule has 0 aromatic heterocycles. The van der Waals surface area contributed by atoms with E-state index in [1.54, 1.807) is 48.3 Å². The lowest BCUT2D eigenvalue weighted by molar-refractivity contribution is -0.127. The molecule has 1 aliphatic heterocycles. The van der Waals surface area contributed by atoms with Crippen LogP contribution >= 0.6 is 0 Å². The van der Waals surface area contributed by atoms with Crippen LogP contribution in [-0.2, 0) is 9.59 Å². The number of likely N-dealkylation sites (N-methyl/N-ethyl adjacent to an activating group) is 1.